The van der Waals surface area contributed by atoms with E-state index in [-0.39, 0.29) is 5.91 Å². The number of benzene rings is 2. The van der Waals surface area contributed by atoms with E-state index in [1.54, 1.807) is 4.90 Å². The number of carbonyl (C=O) groups is 1. The van der Waals surface area contributed by atoms with Gasteiger partial charge < -0.3 is 10.2 Å². The van der Waals surface area contributed by atoms with E-state index >= 15 is 0 Å². The summed E-state index contributed by atoms with van der Waals surface area (Å²) in [6, 6.07) is 16.0. The summed E-state index contributed by atoms with van der Waals surface area (Å²) >= 11 is 0. The zero-order valence-corrected chi connectivity index (χ0v) is 11.6. The summed E-state index contributed by atoms with van der Waals surface area (Å²) in [5.41, 5.74) is 4.45. The third-order valence-corrected chi connectivity index (χ3v) is 3.69. The number of amides is 1. The molecule has 2 aromatic carbocycles. The van der Waals surface area contributed by atoms with Crippen LogP contribution in [-0.4, -0.2) is 17.9 Å². The summed E-state index contributed by atoms with van der Waals surface area (Å²) in [5, 5.41) is 3.30. The summed E-state index contributed by atoms with van der Waals surface area (Å²) in [6.07, 6.45) is 0. The van der Waals surface area contributed by atoms with Gasteiger partial charge in [0.2, 0.25) is 0 Å². The summed E-state index contributed by atoms with van der Waals surface area (Å²) in [7, 11) is 1.85. The van der Waals surface area contributed by atoms with Crippen molar-refractivity contribution in [3.05, 3.63) is 70.8 Å². The molecule has 20 heavy (non-hydrogen) atoms. The van der Waals surface area contributed by atoms with E-state index < -0.39 is 0 Å². The number of fused-ring (bicyclic) bond motifs is 1. The van der Waals surface area contributed by atoms with Gasteiger partial charge in [-0.3, -0.25) is 4.79 Å². The predicted molar refractivity (Wildman–Crippen MR) is 79.2 cm³/mol. The maximum atomic E-state index is 12.5. The Balaban J connectivity index is 1.75. The predicted octanol–water partition coefficient (Wildman–Crippen LogP) is 2.56. The first-order chi connectivity index (χ1) is 9.74. The molecular weight excluding hydrogens is 248 g/mol. The Morgan fingerprint density at radius 3 is 2.65 bits per heavy atom. The molecule has 2 aromatic rings. The van der Waals surface area contributed by atoms with Crippen molar-refractivity contribution in [2.45, 2.75) is 19.6 Å². The molecule has 0 saturated carbocycles. The third kappa shape index (κ3) is 2.58. The van der Waals surface area contributed by atoms with Gasteiger partial charge in [0, 0.05) is 32.2 Å². The standard InChI is InChI=1S/C17H18N2O/c1-19(12-13-5-3-2-4-6-13)17(20)14-7-8-15-10-18-11-16(15)9-14/h2-9,18H,10-12H2,1H3. The zero-order chi connectivity index (χ0) is 13.9. The third-order valence-electron chi connectivity index (χ3n) is 3.69. The smallest absolute Gasteiger partial charge is 0.253 e. The molecule has 1 N–H and O–H groups in total. The fraction of sp³-hybridized carbons (Fsp3) is 0.235. The van der Waals surface area contributed by atoms with E-state index in [2.05, 4.69) is 11.4 Å². The number of rotatable bonds is 3. The van der Waals surface area contributed by atoms with Crippen molar-refractivity contribution in [2.24, 2.45) is 0 Å². The lowest BCUT2D eigenvalue weighted by atomic mass is 10.1. The Kier molecular flexibility index (Phi) is 3.52. The van der Waals surface area contributed by atoms with Crippen LogP contribution in [0.2, 0.25) is 0 Å². The van der Waals surface area contributed by atoms with Crippen LogP contribution in [0, 0.1) is 0 Å². The maximum Gasteiger partial charge on any atom is 0.253 e. The van der Waals surface area contributed by atoms with Crippen molar-refractivity contribution in [3.8, 4) is 0 Å². The molecule has 0 bridgehead atoms. The SMILES string of the molecule is CN(Cc1ccccc1)C(=O)c1ccc2c(c1)CNC2. The van der Waals surface area contributed by atoms with E-state index in [1.807, 2.05) is 49.5 Å². The first kappa shape index (κ1) is 12.9. The zero-order valence-electron chi connectivity index (χ0n) is 11.6. The molecule has 0 spiro atoms. The summed E-state index contributed by atoms with van der Waals surface area (Å²) in [4.78, 5) is 14.2. The minimum absolute atomic E-state index is 0.0727. The highest BCUT2D eigenvalue weighted by Crippen LogP contribution is 2.18. The Morgan fingerprint density at radius 2 is 1.85 bits per heavy atom. The molecule has 0 fully saturated rings. The lowest BCUT2D eigenvalue weighted by Crippen LogP contribution is -2.26. The molecule has 3 rings (SSSR count). The van der Waals surface area contributed by atoms with Crippen LogP contribution >= 0.6 is 0 Å². The summed E-state index contributed by atoms with van der Waals surface area (Å²) in [6.45, 7) is 2.40. The molecule has 0 aromatic heterocycles. The van der Waals surface area contributed by atoms with Crippen LogP contribution in [0.5, 0.6) is 0 Å². The average molecular weight is 266 g/mol. The van der Waals surface area contributed by atoms with Crippen molar-refractivity contribution in [2.75, 3.05) is 7.05 Å². The van der Waals surface area contributed by atoms with Crippen molar-refractivity contribution in [1.82, 2.24) is 10.2 Å². The first-order valence-electron chi connectivity index (χ1n) is 6.86. The van der Waals surface area contributed by atoms with Gasteiger partial charge >= 0.3 is 0 Å². The second-order valence-electron chi connectivity index (χ2n) is 5.23. The normalized spacial score (nSPS) is 13.1. The van der Waals surface area contributed by atoms with Crippen LogP contribution in [0.15, 0.2) is 48.5 Å². The number of nitrogens with zero attached hydrogens (tertiary/aromatic N) is 1. The fourth-order valence-electron chi connectivity index (χ4n) is 2.58. The van der Waals surface area contributed by atoms with Crippen LogP contribution in [0.25, 0.3) is 0 Å². The van der Waals surface area contributed by atoms with Gasteiger partial charge in [0.1, 0.15) is 0 Å². The Morgan fingerprint density at radius 1 is 1.10 bits per heavy atom. The molecule has 1 aliphatic rings. The highest BCUT2D eigenvalue weighted by molar-refractivity contribution is 5.94. The number of hydrogen-bond donors (Lipinski definition) is 1. The summed E-state index contributed by atoms with van der Waals surface area (Å²) in [5.74, 6) is 0.0727. The fourth-order valence-corrected chi connectivity index (χ4v) is 2.58. The summed E-state index contributed by atoms with van der Waals surface area (Å²) < 4.78 is 0. The van der Waals surface area contributed by atoms with Crippen molar-refractivity contribution >= 4 is 5.91 Å². The Hall–Kier alpha value is -2.13. The Labute approximate surface area is 119 Å². The molecule has 102 valence electrons. The first-order valence-corrected chi connectivity index (χ1v) is 6.86. The van der Waals surface area contributed by atoms with E-state index in [0.717, 1.165) is 24.2 Å². The van der Waals surface area contributed by atoms with Gasteiger partial charge in [0.05, 0.1) is 0 Å². The lowest BCUT2D eigenvalue weighted by molar-refractivity contribution is 0.0785. The van der Waals surface area contributed by atoms with Crippen molar-refractivity contribution in [3.63, 3.8) is 0 Å². The van der Waals surface area contributed by atoms with Crippen LogP contribution in [0.3, 0.4) is 0 Å². The van der Waals surface area contributed by atoms with E-state index in [4.69, 9.17) is 0 Å². The van der Waals surface area contributed by atoms with E-state index in [1.165, 1.54) is 11.1 Å². The van der Waals surface area contributed by atoms with E-state index in [9.17, 15) is 4.79 Å². The largest absolute Gasteiger partial charge is 0.337 e. The molecule has 3 nitrogen and oxygen atoms in total. The van der Waals surface area contributed by atoms with Crippen LogP contribution in [-0.2, 0) is 19.6 Å². The molecular formula is C17H18N2O. The molecule has 0 unspecified atom stereocenters. The Bertz CT molecular complexity index is 622. The number of carbonyl (C=O) groups excluding carboxylic acids is 1. The van der Waals surface area contributed by atoms with Crippen LogP contribution < -0.4 is 5.32 Å². The van der Waals surface area contributed by atoms with Gasteiger partial charge in [0.15, 0.2) is 0 Å². The molecule has 0 radical (unpaired) electrons. The molecule has 3 heteroatoms. The van der Waals surface area contributed by atoms with Crippen LogP contribution in [0.1, 0.15) is 27.0 Å². The average Bonchev–Trinajstić information content (AvgIpc) is 2.94. The van der Waals surface area contributed by atoms with Gasteiger partial charge in [-0.15, -0.1) is 0 Å². The van der Waals surface area contributed by atoms with E-state index in [0.29, 0.717) is 6.54 Å². The van der Waals surface area contributed by atoms with Crippen molar-refractivity contribution in [1.29, 1.82) is 0 Å². The number of hydrogen-bond acceptors (Lipinski definition) is 2. The minimum Gasteiger partial charge on any atom is -0.337 e. The van der Waals surface area contributed by atoms with Gasteiger partial charge in [-0.1, -0.05) is 36.4 Å². The lowest BCUT2D eigenvalue weighted by Gasteiger charge is -2.17. The monoisotopic (exact) mass is 266 g/mol. The van der Waals surface area contributed by atoms with Gasteiger partial charge in [-0.25, -0.2) is 0 Å². The molecule has 0 aliphatic carbocycles. The molecule has 0 saturated heterocycles. The molecule has 1 aliphatic heterocycles. The second-order valence-corrected chi connectivity index (χ2v) is 5.23. The highest BCUT2D eigenvalue weighted by Gasteiger charge is 2.16. The van der Waals surface area contributed by atoms with Crippen molar-refractivity contribution < 1.29 is 4.79 Å². The maximum absolute atomic E-state index is 12.5. The molecule has 1 amide bonds. The highest BCUT2D eigenvalue weighted by atomic mass is 16.2. The van der Waals surface area contributed by atoms with Gasteiger partial charge in [-0.05, 0) is 28.8 Å². The minimum atomic E-state index is 0.0727. The topological polar surface area (TPSA) is 32.3 Å². The quantitative estimate of drug-likeness (QED) is 0.926. The van der Waals surface area contributed by atoms with Gasteiger partial charge in [-0.2, -0.15) is 0 Å². The van der Waals surface area contributed by atoms with Gasteiger partial charge in [0.25, 0.3) is 5.91 Å². The molecule has 1 heterocycles. The van der Waals surface area contributed by atoms with Crippen LogP contribution in [0.4, 0.5) is 0 Å². The number of nitrogens with one attached hydrogen (secondary N) is 1. The second kappa shape index (κ2) is 5.47. The molecule has 0 atom stereocenters.